The Morgan fingerprint density at radius 3 is 2.35 bits per heavy atom. The van der Waals surface area contributed by atoms with E-state index in [4.69, 9.17) is 4.74 Å². The van der Waals surface area contributed by atoms with Crippen molar-refractivity contribution in [2.45, 2.75) is 46.5 Å². The molecule has 0 aliphatic heterocycles. The van der Waals surface area contributed by atoms with Gasteiger partial charge in [-0.2, -0.15) is 5.10 Å². The molecule has 0 bridgehead atoms. The molecule has 1 N–H and O–H groups in total. The van der Waals surface area contributed by atoms with E-state index in [1.807, 2.05) is 62.4 Å². The summed E-state index contributed by atoms with van der Waals surface area (Å²) in [4.78, 5) is 12.2. The fourth-order valence-corrected chi connectivity index (χ4v) is 2.76. The first kappa shape index (κ1) is 19.7. The molecule has 1 amide bonds. The molecule has 0 heterocycles. The van der Waals surface area contributed by atoms with E-state index in [1.165, 1.54) is 0 Å². The first-order chi connectivity index (χ1) is 12.6. The standard InChI is InChI=1S/C22H28N2O2/c1-4-5-7-15-20(19-13-8-6-9-14-19)23-24-21(25)16-26-22-17(2)11-10-12-18(22)3/h6,8-14H,4-5,7,15-16H2,1-3H3,(H,24,25)/b23-20+. The molecule has 0 spiro atoms. The maximum Gasteiger partial charge on any atom is 0.277 e. The van der Waals surface area contributed by atoms with Gasteiger partial charge in [0, 0.05) is 0 Å². The van der Waals surface area contributed by atoms with Gasteiger partial charge in [-0.05, 0) is 43.4 Å². The molecule has 0 aromatic heterocycles. The van der Waals surface area contributed by atoms with Gasteiger partial charge in [-0.25, -0.2) is 5.43 Å². The number of amides is 1. The zero-order valence-electron chi connectivity index (χ0n) is 15.9. The fraction of sp³-hybridized carbons (Fsp3) is 0.364. The van der Waals surface area contributed by atoms with Crippen LogP contribution < -0.4 is 10.2 Å². The molecule has 0 atom stereocenters. The fourth-order valence-electron chi connectivity index (χ4n) is 2.76. The molecule has 4 heteroatoms. The van der Waals surface area contributed by atoms with Gasteiger partial charge in [0.1, 0.15) is 5.75 Å². The highest BCUT2D eigenvalue weighted by molar-refractivity contribution is 6.01. The second kappa shape index (κ2) is 10.4. The van der Waals surface area contributed by atoms with Crippen LogP contribution in [0.15, 0.2) is 53.6 Å². The second-order valence-corrected chi connectivity index (χ2v) is 6.43. The number of hydrogen-bond donors (Lipinski definition) is 1. The number of ether oxygens (including phenoxy) is 1. The summed E-state index contributed by atoms with van der Waals surface area (Å²) in [5.41, 5.74) is 6.62. The first-order valence-electron chi connectivity index (χ1n) is 9.21. The highest BCUT2D eigenvalue weighted by Gasteiger charge is 2.08. The number of benzene rings is 2. The zero-order valence-corrected chi connectivity index (χ0v) is 15.9. The lowest BCUT2D eigenvalue weighted by molar-refractivity contribution is -0.123. The number of unbranched alkanes of at least 4 members (excludes halogenated alkanes) is 2. The largest absolute Gasteiger partial charge is 0.483 e. The number of carbonyl (C=O) groups excluding carboxylic acids is 1. The lowest BCUT2D eigenvalue weighted by atomic mass is 10.0. The molecule has 0 unspecified atom stereocenters. The van der Waals surface area contributed by atoms with Gasteiger partial charge in [0.15, 0.2) is 6.61 Å². The van der Waals surface area contributed by atoms with Crippen LogP contribution in [0.1, 0.15) is 49.3 Å². The van der Waals surface area contributed by atoms with Crippen LogP contribution in [-0.2, 0) is 4.79 Å². The summed E-state index contributed by atoms with van der Waals surface area (Å²) < 4.78 is 5.68. The summed E-state index contributed by atoms with van der Waals surface area (Å²) in [7, 11) is 0. The zero-order chi connectivity index (χ0) is 18.8. The summed E-state index contributed by atoms with van der Waals surface area (Å²) in [5.74, 6) is 0.509. The molecule has 2 aromatic carbocycles. The third-order valence-corrected chi connectivity index (χ3v) is 4.20. The number of carbonyl (C=O) groups is 1. The quantitative estimate of drug-likeness (QED) is 0.401. The van der Waals surface area contributed by atoms with Crippen molar-refractivity contribution >= 4 is 11.6 Å². The Kier molecular flexibility index (Phi) is 7.87. The second-order valence-electron chi connectivity index (χ2n) is 6.43. The van der Waals surface area contributed by atoms with Crippen molar-refractivity contribution in [2.24, 2.45) is 5.10 Å². The van der Waals surface area contributed by atoms with Crippen molar-refractivity contribution in [3.05, 3.63) is 65.2 Å². The lowest BCUT2D eigenvalue weighted by Gasteiger charge is -2.11. The molecule has 0 aliphatic carbocycles. The van der Waals surface area contributed by atoms with Crippen molar-refractivity contribution in [3.63, 3.8) is 0 Å². The number of rotatable bonds is 9. The minimum Gasteiger partial charge on any atom is -0.483 e. The predicted molar refractivity (Wildman–Crippen MR) is 107 cm³/mol. The van der Waals surface area contributed by atoms with Gasteiger partial charge in [0.2, 0.25) is 0 Å². The van der Waals surface area contributed by atoms with Gasteiger partial charge in [-0.1, -0.05) is 68.3 Å². The molecule has 0 fully saturated rings. The van der Waals surface area contributed by atoms with E-state index in [2.05, 4.69) is 17.5 Å². The Bertz CT molecular complexity index is 719. The number of hydrazone groups is 1. The van der Waals surface area contributed by atoms with Crippen LogP contribution in [0.4, 0.5) is 0 Å². The minimum atomic E-state index is -0.253. The van der Waals surface area contributed by atoms with E-state index in [9.17, 15) is 4.79 Å². The Labute approximate surface area is 156 Å². The first-order valence-corrected chi connectivity index (χ1v) is 9.21. The number of nitrogens with zero attached hydrogens (tertiary/aromatic N) is 1. The van der Waals surface area contributed by atoms with Crippen LogP contribution in [0.25, 0.3) is 0 Å². The molecular weight excluding hydrogens is 324 g/mol. The van der Waals surface area contributed by atoms with Crippen LogP contribution in [-0.4, -0.2) is 18.2 Å². The molecule has 138 valence electrons. The number of hydrogen-bond acceptors (Lipinski definition) is 3. The molecule has 26 heavy (non-hydrogen) atoms. The predicted octanol–water partition coefficient (Wildman–Crippen LogP) is 4.78. The Balaban J connectivity index is 1.98. The molecule has 2 aromatic rings. The van der Waals surface area contributed by atoms with E-state index in [0.717, 1.165) is 53.8 Å². The van der Waals surface area contributed by atoms with Gasteiger partial charge < -0.3 is 4.74 Å². The maximum absolute atomic E-state index is 12.2. The van der Waals surface area contributed by atoms with Crippen LogP contribution in [0.5, 0.6) is 5.75 Å². The molecule has 0 aliphatic rings. The average Bonchev–Trinajstić information content (AvgIpc) is 2.65. The van der Waals surface area contributed by atoms with Crippen molar-refractivity contribution in [2.75, 3.05) is 6.61 Å². The molecule has 2 rings (SSSR count). The van der Waals surface area contributed by atoms with Gasteiger partial charge in [-0.15, -0.1) is 0 Å². The molecule has 0 saturated heterocycles. The average molecular weight is 352 g/mol. The van der Waals surface area contributed by atoms with E-state index in [0.29, 0.717) is 0 Å². The number of aryl methyl sites for hydroxylation is 2. The molecule has 0 radical (unpaired) electrons. The highest BCUT2D eigenvalue weighted by Crippen LogP contribution is 2.22. The Hall–Kier alpha value is -2.62. The van der Waals surface area contributed by atoms with Crippen molar-refractivity contribution in [3.8, 4) is 5.75 Å². The molecule has 0 saturated carbocycles. The van der Waals surface area contributed by atoms with E-state index in [1.54, 1.807) is 0 Å². The van der Waals surface area contributed by atoms with Crippen LogP contribution >= 0.6 is 0 Å². The Morgan fingerprint density at radius 1 is 1.00 bits per heavy atom. The van der Waals surface area contributed by atoms with Gasteiger partial charge in [-0.3, -0.25) is 4.79 Å². The normalized spacial score (nSPS) is 11.3. The third-order valence-electron chi connectivity index (χ3n) is 4.20. The van der Waals surface area contributed by atoms with E-state index in [-0.39, 0.29) is 12.5 Å². The van der Waals surface area contributed by atoms with Crippen molar-refractivity contribution in [1.82, 2.24) is 5.43 Å². The van der Waals surface area contributed by atoms with Gasteiger partial charge in [0.25, 0.3) is 5.91 Å². The minimum absolute atomic E-state index is 0.0494. The van der Waals surface area contributed by atoms with E-state index >= 15 is 0 Å². The topological polar surface area (TPSA) is 50.7 Å². The Morgan fingerprint density at radius 2 is 1.69 bits per heavy atom. The summed E-state index contributed by atoms with van der Waals surface area (Å²) in [6, 6.07) is 15.9. The summed E-state index contributed by atoms with van der Waals surface area (Å²) in [6.07, 6.45) is 4.20. The monoisotopic (exact) mass is 352 g/mol. The summed E-state index contributed by atoms with van der Waals surface area (Å²) in [6.45, 7) is 6.07. The van der Waals surface area contributed by atoms with Gasteiger partial charge in [0.05, 0.1) is 5.71 Å². The van der Waals surface area contributed by atoms with E-state index < -0.39 is 0 Å². The number of para-hydroxylation sites is 1. The molecular formula is C22H28N2O2. The van der Waals surface area contributed by atoms with Crippen molar-refractivity contribution in [1.29, 1.82) is 0 Å². The van der Waals surface area contributed by atoms with Crippen molar-refractivity contribution < 1.29 is 9.53 Å². The van der Waals surface area contributed by atoms with Crippen LogP contribution in [0.2, 0.25) is 0 Å². The maximum atomic E-state index is 12.2. The van der Waals surface area contributed by atoms with Gasteiger partial charge >= 0.3 is 0 Å². The SMILES string of the molecule is CCCCC/C(=N\NC(=O)COc1c(C)cccc1C)c1ccccc1. The highest BCUT2D eigenvalue weighted by atomic mass is 16.5. The molecule has 4 nitrogen and oxygen atoms in total. The summed E-state index contributed by atoms with van der Waals surface area (Å²) in [5, 5.41) is 4.36. The number of nitrogens with one attached hydrogen (secondary N) is 1. The summed E-state index contributed by atoms with van der Waals surface area (Å²) >= 11 is 0. The lowest BCUT2D eigenvalue weighted by Crippen LogP contribution is -2.26. The van der Waals surface area contributed by atoms with Crippen LogP contribution in [0.3, 0.4) is 0 Å². The third kappa shape index (κ3) is 6.03. The van der Waals surface area contributed by atoms with Crippen LogP contribution in [0, 0.1) is 13.8 Å². The smallest absolute Gasteiger partial charge is 0.277 e.